The lowest BCUT2D eigenvalue weighted by Crippen LogP contribution is -2.51. The first kappa shape index (κ1) is 33.0. The van der Waals surface area contributed by atoms with Crippen LogP contribution in [0.5, 0.6) is 5.75 Å². The van der Waals surface area contributed by atoms with Crippen molar-refractivity contribution in [2.24, 2.45) is 0 Å². The molecule has 0 saturated heterocycles. The zero-order chi connectivity index (χ0) is 30.7. The summed E-state index contributed by atoms with van der Waals surface area (Å²) in [4.78, 5) is 29.6. The van der Waals surface area contributed by atoms with Crippen molar-refractivity contribution in [1.29, 1.82) is 0 Å². The van der Waals surface area contributed by atoms with Crippen molar-refractivity contribution >= 4 is 39.3 Å². The second-order valence-electron chi connectivity index (χ2n) is 9.94. The Morgan fingerprint density at radius 3 is 2.17 bits per heavy atom. The molecule has 0 radical (unpaired) electrons. The molecule has 1 N–H and O–H groups in total. The minimum absolute atomic E-state index is 0.0671. The Morgan fingerprint density at radius 1 is 0.952 bits per heavy atom. The van der Waals surface area contributed by atoms with Crippen molar-refractivity contribution in [1.82, 2.24) is 10.2 Å². The molecule has 226 valence electrons. The Bertz CT molecular complexity index is 1410. The fourth-order valence-corrected chi connectivity index (χ4v) is 6.11. The Balaban J connectivity index is 2.00. The number of hydrogen-bond acceptors (Lipinski definition) is 6. The van der Waals surface area contributed by atoms with Gasteiger partial charge in [-0.3, -0.25) is 13.9 Å². The van der Waals surface area contributed by atoms with Crippen molar-refractivity contribution in [2.75, 3.05) is 30.3 Å². The van der Waals surface area contributed by atoms with Crippen LogP contribution in [0.4, 0.5) is 5.69 Å². The van der Waals surface area contributed by atoms with Gasteiger partial charge in [-0.25, -0.2) is 8.42 Å². The number of nitrogens with one attached hydrogen (secondary N) is 1. The van der Waals surface area contributed by atoms with Gasteiger partial charge in [-0.2, -0.15) is 0 Å². The highest BCUT2D eigenvalue weighted by Crippen LogP contribution is 2.28. The predicted molar refractivity (Wildman–Crippen MR) is 169 cm³/mol. The van der Waals surface area contributed by atoms with E-state index in [1.165, 1.54) is 16.7 Å². The highest BCUT2D eigenvalue weighted by atomic mass is 32.2. The van der Waals surface area contributed by atoms with Gasteiger partial charge in [0, 0.05) is 18.0 Å². The Morgan fingerprint density at radius 2 is 1.60 bits per heavy atom. The second kappa shape index (κ2) is 15.7. The van der Waals surface area contributed by atoms with Gasteiger partial charge in [-0.05, 0) is 87.5 Å². The third-order valence-electron chi connectivity index (χ3n) is 6.83. The molecule has 8 nitrogen and oxygen atoms in total. The summed E-state index contributed by atoms with van der Waals surface area (Å²) in [5.41, 5.74) is 2.23. The van der Waals surface area contributed by atoms with Crippen LogP contribution in [0.3, 0.4) is 0 Å². The molecule has 0 aliphatic rings. The Labute approximate surface area is 254 Å². The van der Waals surface area contributed by atoms with Gasteiger partial charge in [0.15, 0.2) is 0 Å². The quantitative estimate of drug-likeness (QED) is 0.176. The van der Waals surface area contributed by atoms with Crippen LogP contribution in [0.25, 0.3) is 0 Å². The topological polar surface area (TPSA) is 96.0 Å². The molecular formula is C32H41N3O5S2. The number of carbonyl (C=O) groups is 2. The third-order valence-corrected chi connectivity index (χ3v) is 9.36. The number of rotatable bonds is 15. The predicted octanol–water partition coefficient (Wildman–Crippen LogP) is 5.64. The zero-order valence-corrected chi connectivity index (χ0v) is 26.6. The van der Waals surface area contributed by atoms with Crippen molar-refractivity contribution in [3.63, 3.8) is 0 Å². The number of unbranched alkanes of at least 4 members (excludes halogenated alkanes) is 1. The first-order valence-electron chi connectivity index (χ1n) is 14.1. The molecule has 0 bridgehead atoms. The van der Waals surface area contributed by atoms with Gasteiger partial charge in [0.1, 0.15) is 18.3 Å². The lowest BCUT2D eigenvalue weighted by Gasteiger charge is -2.32. The summed E-state index contributed by atoms with van der Waals surface area (Å²) in [5.74, 6) is -0.188. The van der Waals surface area contributed by atoms with E-state index in [0.29, 0.717) is 24.6 Å². The van der Waals surface area contributed by atoms with Crippen LogP contribution in [0.15, 0.2) is 82.6 Å². The molecule has 42 heavy (non-hydrogen) atoms. The molecule has 0 aliphatic carbocycles. The first-order chi connectivity index (χ1) is 20.1. The summed E-state index contributed by atoms with van der Waals surface area (Å²) in [6, 6.07) is 20.0. The van der Waals surface area contributed by atoms with E-state index in [1.54, 1.807) is 55.5 Å². The summed E-state index contributed by atoms with van der Waals surface area (Å²) >= 11 is 1.51. The van der Waals surface area contributed by atoms with Crippen molar-refractivity contribution in [2.45, 2.75) is 62.9 Å². The van der Waals surface area contributed by atoms with Crippen LogP contribution in [0.2, 0.25) is 0 Å². The number of amides is 2. The van der Waals surface area contributed by atoms with Crippen LogP contribution in [0.1, 0.15) is 44.7 Å². The Kier molecular flexibility index (Phi) is 12.3. The second-order valence-corrected chi connectivity index (χ2v) is 12.7. The van der Waals surface area contributed by atoms with Crippen molar-refractivity contribution in [3.8, 4) is 5.75 Å². The molecule has 10 heteroatoms. The minimum atomic E-state index is -4.14. The molecule has 0 saturated carbocycles. The maximum atomic E-state index is 14.0. The van der Waals surface area contributed by atoms with Gasteiger partial charge < -0.3 is 15.0 Å². The fraction of sp³-hybridized carbons (Fsp3) is 0.375. The van der Waals surface area contributed by atoms with E-state index in [4.69, 9.17) is 4.74 Å². The van der Waals surface area contributed by atoms with Crippen LogP contribution in [-0.4, -0.2) is 57.1 Å². The lowest BCUT2D eigenvalue weighted by molar-refractivity contribution is -0.139. The molecule has 3 aromatic rings. The maximum absolute atomic E-state index is 14.0. The van der Waals surface area contributed by atoms with Crippen molar-refractivity contribution in [3.05, 3.63) is 83.9 Å². The SMILES string of the molecule is CCCCNC(=O)C(C)N(Cc1ccc(C)cc1)C(=O)CN(c1ccc(OCC)cc1)S(=O)(=O)c1ccc(SC)cc1. The molecule has 0 spiro atoms. The average molecular weight is 612 g/mol. The van der Waals surface area contributed by atoms with Crippen LogP contribution in [0, 0.1) is 6.92 Å². The van der Waals surface area contributed by atoms with Crippen molar-refractivity contribution < 1.29 is 22.7 Å². The van der Waals surface area contributed by atoms with E-state index < -0.39 is 28.5 Å². The van der Waals surface area contributed by atoms with E-state index >= 15 is 0 Å². The summed E-state index contributed by atoms with van der Waals surface area (Å²) < 4.78 is 34.7. The number of hydrogen-bond donors (Lipinski definition) is 1. The van der Waals surface area contributed by atoms with Crippen LogP contribution in [-0.2, 0) is 26.2 Å². The van der Waals surface area contributed by atoms with Crippen LogP contribution < -0.4 is 14.4 Å². The number of sulfonamides is 1. The average Bonchev–Trinajstić information content (AvgIpc) is 2.99. The molecule has 2 amide bonds. The van der Waals surface area contributed by atoms with E-state index in [2.05, 4.69) is 5.32 Å². The number of anilines is 1. The lowest BCUT2D eigenvalue weighted by atomic mass is 10.1. The highest BCUT2D eigenvalue weighted by molar-refractivity contribution is 7.98. The van der Waals surface area contributed by atoms with E-state index in [9.17, 15) is 18.0 Å². The van der Waals surface area contributed by atoms with Gasteiger partial charge in [0.05, 0.1) is 17.2 Å². The van der Waals surface area contributed by atoms with Gasteiger partial charge in [0.2, 0.25) is 11.8 Å². The molecule has 0 aromatic heterocycles. The number of benzene rings is 3. The molecule has 1 atom stereocenters. The zero-order valence-electron chi connectivity index (χ0n) is 25.0. The molecular weight excluding hydrogens is 571 g/mol. The number of ether oxygens (including phenoxy) is 1. The Hall–Kier alpha value is -3.50. The number of carbonyl (C=O) groups excluding carboxylic acids is 2. The number of aryl methyl sites for hydroxylation is 1. The third kappa shape index (κ3) is 8.75. The monoisotopic (exact) mass is 611 g/mol. The number of thioether (sulfide) groups is 1. The summed E-state index contributed by atoms with van der Waals surface area (Å²) in [6.07, 6.45) is 3.66. The molecule has 0 heterocycles. The molecule has 3 rings (SSSR count). The smallest absolute Gasteiger partial charge is 0.264 e. The summed E-state index contributed by atoms with van der Waals surface area (Å²) in [5, 5.41) is 2.90. The van der Waals surface area contributed by atoms with Gasteiger partial charge in [-0.15, -0.1) is 11.8 Å². The summed E-state index contributed by atoms with van der Waals surface area (Å²) in [6.45, 7) is 8.18. The van der Waals surface area contributed by atoms with Gasteiger partial charge in [-0.1, -0.05) is 43.2 Å². The van der Waals surface area contributed by atoms with E-state index in [0.717, 1.165) is 33.2 Å². The first-order valence-corrected chi connectivity index (χ1v) is 16.8. The molecule has 1 unspecified atom stereocenters. The highest BCUT2D eigenvalue weighted by Gasteiger charge is 2.32. The number of nitrogens with zero attached hydrogens (tertiary/aromatic N) is 2. The summed E-state index contributed by atoms with van der Waals surface area (Å²) in [7, 11) is -4.14. The maximum Gasteiger partial charge on any atom is 0.264 e. The van der Waals surface area contributed by atoms with Crippen LogP contribution >= 0.6 is 11.8 Å². The largest absolute Gasteiger partial charge is 0.494 e. The normalized spacial score (nSPS) is 11.9. The van der Waals surface area contributed by atoms with E-state index in [1.807, 2.05) is 51.3 Å². The van der Waals surface area contributed by atoms with E-state index in [-0.39, 0.29) is 17.3 Å². The van der Waals surface area contributed by atoms with Gasteiger partial charge >= 0.3 is 0 Å². The van der Waals surface area contributed by atoms with Gasteiger partial charge in [0.25, 0.3) is 10.0 Å². The molecule has 0 fully saturated rings. The standard InChI is InChI=1S/C32H41N3O5S2/c1-6-8-21-33-32(37)25(4)34(22-26-11-9-24(3)10-12-26)31(36)23-35(27-13-15-28(16-14-27)40-7-2)42(38,39)30-19-17-29(41-5)18-20-30/h9-20,25H,6-8,21-23H2,1-5H3,(H,33,37). The molecule has 0 aliphatic heterocycles. The fourth-order valence-electron chi connectivity index (χ4n) is 4.29. The molecule has 3 aromatic carbocycles. The minimum Gasteiger partial charge on any atom is -0.494 e.